The van der Waals surface area contributed by atoms with Crippen molar-refractivity contribution in [2.75, 3.05) is 23.8 Å². The van der Waals surface area contributed by atoms with E-state index in [2.05, 4.69) is 47.0 Å². The number of fused-ring (bicyclic) bond motifs is 2. The van der Waals surface area contributed by atoms with E-state index in [1.807, 2.05) is 24.3 Å². The van der Waals surface area contributed by atoms with Crippen LogP contribution in [-0.4, -0.2) is 46.8 Å². The van der Waals surface area contributed by atoms with Gasteiger partial charge in [-0.05, 0) is 73.4 Å². The molecule has 204 valence electrons. The summed E-state index contributed by atoms with van der Waals surface area (Å²) in [7, 11) is 1.69. The summed E-state index contributed by atoms with van der Waals surface area (Å²) in [6, 6.07) is 14.6. The lowest BCUT2D eigenvalue weighted by atomic mass is 9.75. The predicted molar refractivity (Wildman–Crippen MR) is 149 cm³/mol. The molecule has 39 heavy (non-hydrogen) atoms. The first-order valence-corrected chi connectivity index (χ1v) is 13.5. The van der Waals surface area contributed by atoms with E-state index in [4.69, 9.17) is 4.74 Å². The van der Waals surface area contributed by atoms with Crippen LogP contribution in [0.1, 0.15) is 65.7 Å². The van der Waals surface area contributed by atoms with Gasteiger partial charge in [-0.25, -0.2) is 0 Å². The van der Waals surface area contributed by atoms with Crippen LogP contribution in [0, 0.1) is 6.92 Å². The van der Waals surface area contributed by atoms with Gasteiger partial charge in [0.2, 0.25) is 11.8 Å². The summed E-state index contributed by atoms with van der Waals surface area (Å²) in [5, 5.41) is 12.9. The number of amides is 3. The molecule has 1 saturated heterocycles. The second kappa shape index (κ2) is 11.0. The van der Waals surface area contributed by atoms with Gasteiger partial charge in [-0.1, -0.05) is 37.3 Å². The van der Waals surface area contributed by atoms with E-state index in [1.165, 1.54) is 15.8 Å². The second-order valence-corrected chi connectivity index (χ2v) is 10.6. The molecule has 3 N–H and O–H groups in total. The zero-order valence-electron chi connectivity index (χ0n) is 22.6. The van der Waals surface area contributed by atoms with Crippen molar-refractivity contribution in [3.05, 3.63) is 77.1 Å². The zero-order valence-corrected chi connectivity index (χ0v) is 22.6. The second-order valence-electron chi connectivity index (χ2n) is 10.6. The number of carbonyl (C=O) groups excluding carboxylic acids is 3. The Bertz CT molecular complexity index is 1390. The molecule has 9 nitrogen and oxygen atoms in total. The van der Waals surface area contributed by atoms with E-state index in [1.54, 1.807) is 25.4 Å². The molecular weight excluding hydrogens is 494 g/mol. The highest BCUT2D eigenvalue weighted by molar-refractivity contribution is 6.07. The average molecular weight is 530 g/mol. The van der Waals surface area contributed by atoms with Crippen LogP contribution in [0.15, 0.2) is 54.7 Å². The number of carbonyl (C=O) groups is 3. The Morgan fingerprint density at radius 1 is 1.13 bits per heavy atom. The molecule has 2 aliphatic rings. The first-order valence-electron chi connectivity index (χ1n) is 13.5. The van der Waals surface area contributed by atoms with Gasteiger partial charge in [0, 0.05) is 37.8 Å². The Morgan fingerprint density at radius 2 is 1.90 bits per heavy atom. The van der Waals surface area contributed by atoms with Gasteiger partial charge < -0.3 is 20.7 Å². The number of ether oxygens (including phenoxy) is 1. The standard InChI is InChI=1S/C30H35N5O4/c1-19-6-4-5-7-22(19)20(2)8-11-24(33-28(37)26-12-15-31-35(26)3)27(36)32-21-9-10-23-25(18-21)34-29(38)30(23)13-16-39-17-14-30/h4-7,9-10,12,15,18,20,24H,8,11,13-14,16-17H2,1-3H3,(H,32,36)(H,33,37)(H,34,38). The van der Waals surface area contributed by atoms with Crippen LogP contribution in [0.2, 0.25) is 0 Å². The lowest BCUT2D eigenvalue weighted by Crippen LogP contribution is -2.44. The number of aryl methyl sites for hydroxylation is 2. The van der Waals surface area contributed by atoms with E-state index in [0.29, 0.717) is 56.0 Å². The van der Waals surface area contributed by atoms with Gasteiger partial charge in [-0.3, -0.25) is 19.1 Å². The van der Waals surface area contributed by atoms with E-state index in [-0.39, 0.29) is 23.6 Å². The number of benzene rings is 2. The number of hydrogen-bond donors (Lipinski definition) is 3. The van der Waals surface area contributed by atoms with E-state index < -0.39 is 11.5 Å². The highest BCUT2D eigenvalue weighted by atomic mass is 16.5. The molecule has 2 aromatic carbocycles. The van der Waals surface area contributed by atoms with Crippen LogP contribution in [-0.2, 0) is 26.8 Å². The monoisotopic (exact) mass is 529 g/mol. The van der Waals surface area contributed by atoms with Gasteiger partial charge in [-0.15, -0.1) is 0 Å². The summed E-state index contributed by atoms with van der Waals surface area (Å²) in [5.74, 6) is -0.481. The SMILES string of the molecule is Cc1ccccc1C(C)CCC(NC(=O)c1ccnn1C)C(=O)Nc1ccc2c(c1)NC(=O)C21CCOCC1. The zero-order chi connectivity index (χ0) is 27.6. The van der Waals surface area contributed by atoms with Crippen molar-refractivity contribution in [2.24, 2.45) is 7.05 Å². The molecule has 9 heteroatoms. The van der Waals surface area contributed by atoms with E-state index >= 15 is 0 Å². The third-order valence-corrected chi connectivity index (χ3v) is 8.11. The summed E-state index contributed by atoms with van der Waals surface area (Å²) >= 11 is 0. The third kappa shape index (κ3) is 5.31. The highest BCUT2D eigenvalue weighted by Crippen LogP contribution is 2.45. The normalized spacial score (nSPS) is 17.3. The molecule has 1 fully saturated rings. The summed E-state index contributed by atoms with van der Waals surface area (Å²) in [6.07, 6.45) is 3.99. The fraction of sp³-hybridized carbons (Fsp3) is 0.400. The summed E-state index contributed by atoms with van der Waals surface area (Å²) in [6.45, 7) is 5.31. The third-order valence-electron chi connectivity index (χ3n) is 8.11. The maximum atomic E-state index is 13.5. The number of aromatic nitrogens is 2. The quantitative estimate of drug-likeness (QED) is 0.407. The topological polar surface area (TPSA) is 114 Å². The van der Waals surface area contributed by atoms with Gasteiger partial charge >= 0.3 is 0 Å². The van der Waals surface area contributed by atoms with Crippen LogP contribution in [0.5, 0.6) is 0 Å². The fourth-order valence-corrected chi connectivity index (χ4v) is 5.76. The maximum Gasteiger partial charge on any atom is 0.270 e. The molecule has 1 spiro atoms. The largest absolute Gasteiger partial charge is 0.381 e. The van der Waals surface area contributed by atoms with Crippen LogP contribution in [0.3, 0.4) is 0 Å². The Hall–Kier alpha value is -3.98. The molecule has 2 atom stereocenters. The average Bonchev–Trinajstić information content (AvgIpc) is 3.47. The summed E-state index contributed by atoms with van der Waals surface area (Å²) in [5.41, 5.74) is 4.46. The minimum atomic E-state index is -0.761. The summed E-state index contributed by atoms with van der Waals surface area (Å²) < 4.78 is 6.97. The first kappa shape index (κ1) is 26.6. The smallest absolute Gasteiger partial charge is 0.270 e. The van der Waals surface area contributed by atoms with Crippen molar-refractivity contribution in [2.45, 2.75) is 56.9 Å². The molecular formula is C30H35N5O4. The lowest BCUT2D eigenvalue weighted by Gasteiger charge is -2.31. The van der Waals surface area contributed by atoms with Gasteiger partial charge in [0.1, 0.15) is 11.7 Å². The van der Waals surface area contributed by atoms with Crippen molar-refractivity contribution in [3.8, 4) is 0 Å². The summed E-state index contributed by atoms with van der Waals surface area (Å²) in [4.78, 5) is 39.4. The molecule has 0 saturated carbocycles. The Balaban J connectivity index is 1.33. The van der Waals surface area contributed by atoms with Crippen molar-refractivity contribution < 1.29 is 19.1 Å². The lowest BCUT2D eigenvalue weighted by molar-refractivity contribution is -0.124. The molecule has 0 aliphatic carbocycles. The van der Waals surface area contributed by atoms with Gasteiger partial charge in [0.15, 0.2) is 0 Å². The molecule has 2 unspecified atom stereocenters. The Morgan fingerprint density at radius 3 is 2.62 bits per heavy atom. The molecule has 3 aromatic rings. The molecule has 5 rings (SSSR count). The number of anilines is 2. The van der Waals surface area contributed by atoms with Crippen LogP contribution in [0.4, 0.5) is 11.4 Å². The highest BCUT2D eigenvalue weighted by Gasteiger charge is 2.47. The Labute approximate surface area is 228 Å². The maximum absolute atomic E-state index is 13.5. The van der Waals surface area contributed by atoms with Crippen molar-refractivity contribution in [1.82, 2.24) is 15.1 Å². The molecule has 3 amide bonds. The van der Waals surface area contributed by atoms with Gasteiger partial charge in [0.25, 0.3) is 5.91 Å². The van der Waals surface area contributed by atoms with Gasteiger partial charge in [-0.2, -0.15) is 5.10 Å². The van der Waals surface area contributed by atoms with Crippen LogP contribution in [0.25, 0.3) is 0 Å². The fourth-order valence-electron chi connectivity index (χ4n) is 5.76. The van der Waals surface area contributed by atoms with E-state index in [0.717, 1.165) is 5.56 Å². The number of nitrogens with zero attached hydrogens (tertiary/aromatic N) is 2. The minimum absolute atomic E-state index is 0.0178. The first-order chi connectivity index (χ1) is 18.8. The Kier molecular flexibility index (Phi) is 7.52. The number of rotatable bonds is 8. The minimum Gasteiger partial charge on any atom is -0.381 e. The molecule has 0 bridgehead atoms. The molecule has 1 aromatic heterocycles. The van der Waals surface area contributed by atoms with Crippen molar-refractivity contribution >= 4 is 29.1 Å². The molecule has 3 heterocycles. The van der Waals surface area contributed by atoms with Crippen molar-refractivity contribution in [3.63, 3.8) is 0 Å². The molecule has 0 radical (unpaired) electrons. The predicted octanol–water partition coefficient (Wildman–Crippen LogP) is 4.05. The number of nitrogens with one attached hydrogen (secondary N) is 3. The van der Waals surface area contributed by atoms with Crippen LogP contribution < -0.4 is 16.0 Å². The molecule has 2 aliphatic heterocycles. The van der Waals surface area contributed by atoms with Crippen LogP contribution >= 0.6 is 0 Å². The van der Waals surface area contributed by atoms with Gasteiger partial charge in [0.05, 0.1) is 5.41 Å². The van der Waals surface area contributed by atoms with Crippen molar-refractivity contribution in [1.29, 1.82) is 0 Å². The van der Waals surface area contributed by atoms with E-state index in [9.17, 15) is 14.4 Å². The number of hydrogen-bond acceptors (Lipinski definition) is 5.